The van der Waals surface area contributed by atoms with E-state index >= 15 is 0 Å². The number of aliphatic hydroxyl groups is 1. The summed E-state index contributed by atoms with van der Waals surface area (Å²) < 4.78 is 0. The van der Waals surface area contributed by atoms with Crippen LogP contribution in [0.2, 0.25) is 0 Å². The highest BCUT2D eigenvalue weighted by molar-refractivity contribution is 5.24. The van der Waals surface area contributed by atoms with Gasteiger partial charge >= 0.3 is 0 Å². The Labute approximate surface area is 142 Å². The number of rotatable bonds is 5. The Morgan fingerprint density at radius 3 is 2.30 bits per heavy atom. The summed E-state index contributed by atoms with van der Waals surface area (Å²) in [5.41, 5.74) is 2.42. The average molecular weight is 316 g/mol. The Balaban J connectivity index is 2.15. The fourth-order valence-electron chi connectivity index (χ4n) is 3.55. The highest BCUT2D eigenvalue weighted by atomic mass is 16.3. The molecule has 1 atom stereocenters. The van der Waals surface area contributed by atoms with Gasteiger partial charge in [-0.15, -0.1) is 0 Å². The molecule has 0 saturated carbocycles. The summed E-state index contributed by atoms with van der Waals surface area (Å²) in [6, 6.07) is 11.3. The van der Waals surface area contributed by atoms with Gasteiger partial charge in [0.05, 0.1) is 5.60 Å². The van der Waals surface area contributed by atoms with Gasteiger partial charge in [0.25, 0.3) is 0 Å². The maximum atomic E-state index is 10.2. The highest BCUT2D eigenvalue weighted by Gasteiger charge is 2.33. The molecule has 1 aliphatic heterocycles. The number of nitrogens with zero attached hydrogens (tertiary/aromatic N) is 1. The van der Waals surface area contributed by atoms with Crippen LogP contribution in [0.3, 0.4) is 0 Å². The van der Waals surface area contributed by atoms with E-state index in [1.807, 2.05) is 6.92 Å². The monoisotopic (exact) mass is 315 g/mol. The van der Waals surface area contributed by atoms with Crippen LogP contribution in [0.1, 0.15) is 59.4 Å². The van der Waals surface area contributed by atoms with Gasteiger partial charge < -0.3 is 5.11 Å². The Bertz CT molecular complexity index is 516. The number of piperidine rings is 1. The van der Waals surface area contributed by atoms with Gasteiger partial charge in [-0.1, -0.05) is 55.8 Å². The molecule has 1 aromatic carbocycles. The van der Waals surface area contributed by atoms with Crippen molar-refractivity contribution in [3.05, 3.63) is 47.5 Å². The zero-order chi connectivity index (χ0) is 17.1. The molecule has 2 rings (SSSR count). The van der Waals surface area contributed by atoms with E-state index in [0.717, 1.165) is 32.4 Å². The second-order valence-electron chi connectivity index (χ2n) is 8.30. The van der Waals surface area contributed by atoms with Gasteiger partial charge in [0.15, 0.2) is 0 Å². The predicted molar refractivity (Wildman–Crippen MR) is 98.7 cm³/mol. The molecule has 1 aromatic rings. The molecule has 1 aliphatic rings. The van der Waals surface area contributed by atoms with E-state index < -0.39 is 5.60 Å². The topological polar surface area (TPSA) is 23.5 Å². The van der Waals surface area contributed by atoms with Crippen molar-refractivity contribution in [3.63, 3.8) is 0 Å². The summed E-state index contributed by atoms with van der Waals surface area (Å²) in [6.45, 7) is 13.0. The second-order valence-corrected chi connectivity index (χ2v) is 8.30. The minimum atomic E-state index is -0.485. The van der Waals surface area contributed by atoms with Gasteiger partial charge in [0.1, 0.15) is 0 Å². The van der Waals surface area contributed by atoms with Crippen molar-refractivity contribution < 1.29 is 5.11 Å². The molecule has 1 unspecified atom stereocenters. The van der Waals surface area contributed by atoms with E-state index in [1.165, 1.54) is 11.1 Å². The highest BCUT2D eigenvalue weighted by Crippen LogP contribution is 2.32. The molecule has 2 nitrogen and oxygen atoms in total. The maximum Gasteiger partial charge on any atom is 0.0644 e. The Kier molecular flexibility index (Phi) is 5.70. The Hall–Kier alpha value is -1.12. The molecule has 0 aromatic heterocycles. The van der Waals surface area contributed by atoms with Gasteiger partial charge in [0, 0.05) is 19.1 Å². The summed E-state index contributed by atoms with van der Waals surface area (Å²) in [5, 5.41) is 10.2. The number of hydrogen-bond acceptors (Lipinski definition) is 2. The van der Waals surface area contributed by atoms with Crippen molar-refractivity contribution in [2.24, 2.45) is 0 Å². The van der Waals surface area contributed by atoms with E-state index in [2.05, 4.69) is 69.0 Å². The SMILES string of the molecule is CC(C)=CC(CC(C)(C)c1ccccc1)N1CCC(C)(O)CC1. The summed E-state index contributed by atoms with van der Waals surface area (Å²) in [5.74, 6) is 0. The summed E-state index contributed by atoms with van der Waals surface area (Å²) in [4.78, 5) is 2.55. The molecular formula is C21H33NO. The van der Waals surface area contributed by atoms with Crippen molar-refractivity contribution in [3.8, 4) is 0 Å². The van der Waals surface area contributed by atoms with E-state index in [9.17, 15) is 5.11 Å². The zero-order valence-corrected chi connectivity index (χ0v) is 15.5. The molecule has 1 fully saturated rings. The molecule has 1 heterocycles. The van der Waals surface area contributed by atoms with E-state index in [1.54, 1.807) is 0 Å². The first-order valence-corrected chi connectivity index (χ1v) is 8.87. The normalized spacial score (nSPS) is 20.1. The first-order chi connectivity index (χ1) is 10.7. The fourth-order valence-corrected chi connectivity index (χ4v) is 3.55. The number of likely N-dealkylation sites (tertiary alicyclic amines) is 1. The third-order valence-corrected chi connectivity index (χ3v) is 5.14. The fraction of sp³-hybridized carbons (Fsp3) is 0.619. The van der Waals surface area contributed by atoms with Crippen LogP contribution in [0.4, 0.5) is 0 Å². The Morgan fingerprint density at radius 1 is 1.22 bits per heavy atom. The largest absolute Gasteiger partial charge is 0.390 e. The van der Waals surface area contributed by atoms with Crippen molar-refractivity contribution in [2.75, 3.05) is 13.1 Å². The van der Waals surface area contributed by atoms with Gasteiger partial charge in [0.2, 0.25) is 0 Å². The van der Waals surface area contributed by atoms with Crippen LogP contribution >= 0.6 is 0 Å². The van der Waals surface area contributed by atoms with Gasteiger partial charge in [-0.2, -0.15) is 0 Å². The lowest BCUT2D eigenvalue weighted by atomic mass is 9.78. The molecule has 0 amide bonds. The van der Waals surface area contributed by atoms with Crippen LogP contribution in [0, 0.1) is 0 Å². The van der Waals surface area contributed by atoms with Crippen LogP contribution in [0.5, 0.6) is 0 Å². The van der Waals surface area contributed by atoms with Crippen molar-refractivity contribution in [1.29, 1.82) is 0 Å². The van der Waals surface area contributed by atoms with E-state index in [4.69, 9.17) is 0 Å². The smallest absolute Gasteiger partial charge is 0.0644 e. The summed E-state index contributed by atoms with van der Waals surface area (Å²) in [7, 11) is 0. The standard InChI is InChI=1S/C21H33NO/c1-17(2)15-19(22-13-11-21(5,23)12-14-22)16-20(3,4)18-9-7-6-8-10-18/h6-10,15,19,23H,11-14,16H2,1-5H3. The van der Waals surface area contributed by atoms with Gasteiger partial charge in [-0.25, -0.2) is 0 Å². The summed E-state index contributed by atoms with van der Waals surface area (Å²) in [6.07, 6.45) is 5.24. The molecule has 2 heteroatoms. The predicted octanol–water partition coefficient (Wildman–Crippen LogP) is 4.54. The lowest BCUT2D eigenvalue weighted by Crippen LogP contribution is -2.48. The molecule has 0 spiro atoms. The van der Waals surface area contributed by atoms with Crippen molar-refractivity contribution >= 4 is 0 Å². The van der Waals surface area contributed by atoms with Crippen molar-refractivity contribution in [2.45, 2.75) is 70.9 Å². The van der Waals surface area contributed by atoms with Gasteiger partial charge in [-0.3, -0.25) is 4.90 Å². The van der Waals surface area contributed by atoms with Crippen LogP contribution in [-0.4, -0.2) is 34.7 Å². The number of allylic oxidation sites excluding steroid dienone is 1. The number of benzene rings is 1. The molecule has 1 saturated heterocycles. The minimum absolute atomic E-state index is 0.137. The third-order valence-electron chi connectivity index (χ3n) is 5.14. The lowest BCUT2D eigenvalue weighted by Gasteiger charge is -2.42. The molecule has 0 aliphatic carbocycles. The number of hydrogen-bond donors (Lipinski definition) is 1. The average Bonchev–Trinajstić information content (AvgIpc) is 2.47. The van der Waals surface area contributed by atoms with Crippen LogP contribution < -0.4 is 0 Å². The molecule has 128 valence electrons. The zero-order valence-electron chi connectivity index (χ0n) is 15.5. The first-order valence-electron chi connectivity index (χ1n) is 8.87. The van der Waals surface area contributed by atoms with Crippen LogP contribution in [-0.2, 0) is 5.41 Å². The molecular weight excluding hydrogens is 282 g/mol. The van der Waals surface area contributed by atoms with Crippen LogP contribution in [0.25, 0.3) is 0 Å². The van der Waals surface area contributed by atoms with Gasteiger partial charge in [-0.05, 0) is 51.0 Å². The quantitative estimate of drug-likeness (QED) is 0.807. The first kappa shape index (κ1) is 18.2. The van der Waals surface area contributed by atoms with E-state index in [-0.39, 0.29) is 5.41 Å². The minimum Gasteiger partial charge on any atom is -0.390 e. The molecule has 1 N–H and O–H groups in total. The maximum absolute atomic E-state index is 10.2. The van der Waals surface area contributed by atoms with Crippen LogP contribution in [0.15, 0.2) is 42.0 Å². The second kappa shape index (κ2) is 7.19. The molecule has 0 bridgehead atoms. The summed E-state index contributed by atoms with van der Waals surface area (Å²) >= 11 is 0. The van der Waals surface area contributed by atoms with Crippen molar-refractivity contribution in [1.82, 2.24) is 4.90 Å². The molecule has 23 heavy (non-hydrogen) atoms. The molecule has 0 radical (unpaired) electrons. The van der Waals surface area contributed by atoms with E-state index in [0.29, 0.717) is 6.04 Å². The Morgan fingerprint density at radius 2 is 1.78 bits per heavy atom. The lowest BCUT2D eigenvalue weighted by molar-refractivity contribution is -0.0140. The third kappa shape index (κ3) is 5.19.